The molecule has 0 fully saturated rings. The van der Waals surface area contributed by atoms with Crippen molar-refractivity contribution in [2.45, 2.75) is 42.5 Å². The van der Waals surface area contributed by atoms with Crippen LogP contribution in [0, 0.1) is 27.7 Å². The smallest absolute Gasteiger partial charge is 0.376 e. The summed E-state index contributed by atoms with van der Waals surface area (Å²) in [6.07, 6.45) is 0. The molecule has 292 valence electrons. The van der Waals surface area contributed by atoms with Crippen LogP contribution in [0.4, 0.5) is 0 Å². The Labute approximate surface area is 323 Å². The lowest BCUT2D eigenvalue weighted by Gasteiger charge is -2.09. The highest BCUT2D eigenvalue weighted by Crippen LogP contribution is 2.41. The Morgan fingerprint density at radius 3 is 1.59 bits per heavy atom. The zero-order valence-corrected chi connectivity index (χ0v) is 30.9. The monoisotopic (exact) mass is 786 g/mol. The summed E-state index contributed by atoms with van der Waals surface area (Å²) in [6, 6.07) is 7.36. The molecular weight excluding hydrogens is 748 g/mol. The number of carbonyl (C=O) groups excluding carboxylic acids is 2. The van der Waals surface area contributed by atoms with Gasteiger partial charge in [0.15, 0.2) is 0 Å². The molecule has 0 aliphatic rings. The number of hydrogen-bond acceptors (Lipinski definition) is 14. The SMILES string of the molecule is C.C.COC(=O)c1nc(Cl)c2c(n1)[nH]c1cc(-c3c(C)noc3C)c(OC)cc12.COC(=O)c1nc2[nH]c3cc(-c4c(C)noc4C)c(OC)cc3c2c(=O)[nH]1. The van der Waals surface area contributed by atoms with Gasteiger partial charge in [-0.25, -0.2) is 24.5 Å². The van der Waals surface area contributed by atoms with Gasteiger partial charge in [0.1, 0.15) is 39.5 Å². The van der Waals surface area contributed by atoms with Gasteiger partial charge in [0.2, 0.25) is 11.6 Å². The number of fused-ring (bicyclic) bond motifs is 6. The maximum atomic E-state index is 12.5. The van der Waals surface area contributed by atoms with Crippen molar-refractivity contribution in [2.75, 3.05) is 28.4 Å². The van der Waals surface area contributed by atoms with Crippen LogP contribution in [0.15, 0.2) is 38.1 Å². The Balaban J connectivity index is 0.000000207. The predicted octanol–water partition coefficient (Wildman–Crippen LogP) is 7.58. The number of ether oxygens (including phenoxy) is 4. The maximum absolute atomic E-state index is 12.5. The highest BCUT2D eigenvalue weighted by Gasteiger charge is 2.23. The van der Waals surface area contributed by atoms with Crippen molar-refractivity contribution in [1.29, 1.82) is 0 Å². The molecule has 3 N–H and O–H groups in total. The van der Waals surface area contributed by atoms with Crippen molar-refractivity contribution in [3.05, 3.63) is 74.3 Å². The number of aromatic amines is 3. The van der Waals surface area contributed by atoms with Crippen molar-refractivity contribution < 1.29 is 37.6 Å². The van der Waals surface area contributed by atoms with Gasteiger partial charge in [-0.05, 0) is 52.0 Å². The Morgan fingerprint density at radius 2 is 1.14 bits per heavy atom. The van der Waals surface area contributed by atoms with E-state index in [0.29, 0.717) is 50.3 Å². The van der Waals surface area contributed by atoms with Crippen molar-refractivity contribution in [3.8, 4) is 33.8 Å². The van der Waals surface area contributed by atoms with Crippen LogP contribution in [-0.4, -0.2) is 80.6 Å². The average molecular weight is 787 g/mol. The number of aromatic nitrogens is 8. The third-order valence-electron chi connectivity index (χ3n) is 8.86. The molecule has 2 aromatic carbocycles. The molecule has 0 radical (unpaired) electrons. The summed E-state index contributed by atoms with van der Waals surface area (Å²) in [7, 11) is 5.62. The minimum absolute atomic E-state index is 0. The quantitative estimate of drug-likeness (QED) is 0.109. The number of benzene rings is 2. The summed E-state index contributed by atoms with van der Waals surface area (Å²) in [5.41, 5.74) is 6.47. The zero-order valence-electron chi connectivity index (χ0n) is 30.1. The predicted molar refractivity (Wildman–Crippen MR) is 210 cm³/mol. The van der Waals surface area contributed by atoms with E-state index in [1.807, 2.05) is 45.9 Å². The lowest BCUT2D eigenvalue weighted by Crippen LogP contribution is -2.16. The van der Waals surface area contributed by atoms with E-state index in [1.54, 1.807) is 20.3 Å². The first kappa shape index (κ1) is 40.4. The Kier molecular flexibility index (Phi) is 11.2. The number of H-pyrrole nitrogens is 3. The van der Waals surface area contributed by atoms with Crippen LogP contribution >= 0.6 is 11.6 Å². The van der Waals surface area contributed by atoms with Crippen LogP contribution in [0.3, 0.4) is 0 Å². The fourth-order valence-corrected chi connectivity index (χ4v) is 6.72. The molecule has 56 heavy (non-hydrogen) atoms. The minimum Gasteiger partial charge on any atom is -0.496 e. The number of rotatable bonds is 6. The molecule has 0 amide bonds. The van der Waals surface area contributed by atoms with Crippen LogP contribution in [0.1, 0.15) is 59.0 Å². The Morgan fingerprint density at radius 1 is 0.661 bits per heavy atom. The third-order valence-corrected chi connectivity index (χ3v) is 9.13. The molecule has 0 saturated carbocycles. The lowest BCUT2D eigenvalue weighted by molar-refractivity contribution is 0.0578. The molecule has 0 bridgehead atoms. The normalized spacial score (nSPS) is 10.9. The average Bonchev–Trinajstić information content (AvgIpc) is 3.91. The maximum Gasteiger partial charge on any atom is 0.376 e. The van der Waals surface area contributed by atoms with Crippen LogP contribution in [-0.2, 0) is 9.47 Å². The Bertz CT molecular complexity index is 2830. The van der Waals surface area contributed by atoms with E-state index >= 15 is 0 Å². The first-order chi connectivity index (χ1) is 25.9. The zero-order chi connectivity index (χ0) is 38.6. The summed E-state index contributed by atoms with van der Waals surface area (Å²) in [5.74, 6) is 0.879. The van der Waals surface area contributed by atoms with E-state index in [4.69, 9.17) is 30.1 Å². The van der Waals surface area contributed by atoms with Gasteiger partial charge in [-0.1, -0.05) is 36.8 Å². The van der Waals surface area contributed by atoms with E-state index in [-0.39, 0.29) is 37.3 Å². The number of halogens is 1. The highest BCUT2D eigenvalue weighted by molar-refractivity contribution is 6.36. The highest BCUT2D eigenvalue weighted by atomic mass is 35.5. The molecule has 6 heterocycles. The summed E-state index contributed by atoms with van der Waals surface area (Å²) in [6.45, 7) is 7.37. The van der Waals surface area contributed by atoms with Crippen molar-refractivity contribution in [2.24, 2.45) is 0 Å². The van der Waals surface area contributed by atoms with E-state index < -0.39 is 17.5 Å². The number of aryl methyl sites for hydroxylation is 4. The van der Waals surface area contributed by atoms with Crippen molar-refractivity contribution in [1.82, 2.24) is 40.2 Å². The molecule has 17 nitrogen and oxygen atoms in total. The number of nitrogens with zero attached hydrogens (tertiary/aromatic N) is 5. The minimum atomic E-state index is -0.721. The summed E-state index contributed by atoms with van der Waals surface area (Å²) < 4.78 is 31.0. The van der Waals surface area contributed by atoms with E-state index in [9.17, 15) is 14.4 Å². The number of carbonyl (C=O) groups is 2. The second-order valence-electron chi connectivity index (χ2n) is 12.0. The van der Waals surface area contributed by atoms with Gasteiger partial charge in [0, 0.05) is 32.9 Å². The van der Waals surface area contributed by atoms with Gasteiger partial charge in [-0.3, -0.25) is 4.79 Å². The number of esters is 2. The summed E-state index contributed by atoms with van der Waals surface area (Å²) >= 11 is 6.32. The van der Waals surface area contributed by atoms with Crippen molar-refractivity contribution in [3.63, 3.8) is 0 Å². The van der Waals surface area contributed by atoms with E-state index in [0.717, 1.165) is 44.5 Å². The van der Waals surface area contributed by atoms with Gasteiger partial charge in [0.25, 0.3) is 5.56 Å². The molecule has 0 unspecified atom stereocenters. The molecule has 0 spiro atoms. The van der Waals surface area contributed by atoms with Gasteiger partial charge >= 0.3 is 11.9 Å². The molecule has 0 aliphatic heterocycles. The van der Waals surface area contributed by atoms with E-state index in [1.165, 1.54) is 14.2 Å². The Hall–Kier alpha value is -6.75. The fourth-order valence-electron chi connectivity index (χ4n) is 6.45. The number of hydrogen-bond donors (Lipinski definition) is 3. The largest absolute Gasteiger partial charge is 0.496 e. The van der Waals surface area contributed by atoms with E-state index in [2.05, 4.69) is 49.7 Å². The molecule has 8 aromatic rings. The first-order valence-corrected chi connectivity index (χ1v) is 16.5. The second-order valence-corrected chi connectivity index (χ2v) is 12.4. The lowest BCUT2D eigenvalue weighted by atomic mass is 10.0. The van der Waals surface area contributed by atoms with Gasteiger partial charge < -0.3 is 42.9 Å². The van der Waals surface area contributed by atoms with Crippen LogP contribution in [0.5, 0.6) is 11.5 Å². The summed E-state index contributed by atoms with van der Waals surface area (Å²) in [5, 5.41) is 10.5. The van der Waals surface area contributed by atoms with Gasteiger partial charge in [-0.15, -0.1) is 0 Å². The van der Waals surface area contributed by atoms with Crippen molar-refractivity contribution >= 4 is 67.4 Å². The van der Waals surface area contributed by atoms with Crippen LogP contribution in [0.25, 0.3) is 66.1 Å². The molecular formula is C38H39ClN8O9. The molecule has 0 atom stereocenters. The fraction of sp³-hybridized carbons (Fsp3) is 0.263. The first-order valence-electron chi connectivity index (χ1n) is 16.1. The third kappa shape index (κ3) is 6.65. The molecule has 18 heteroatoms. The molecule has 8 rings (SSSR count). The van der Waals surface area contributed by atoms with Gasteiger partial charge in [-0.2, -0.15) is 0 Å². The topological polar surface area (TPSA) is 226 Å². The number of methoxy groups -OCH3 is 4. The van der Waals surface area contributed by atoms with Gasteiger partial charge in [0.05, 0.1) is 61.7 Å². The van der Waals surface area contributed by atoms with Crippen LogP contribution < -0.4 is 15.0 Å². The summed E-state index contributed by atoms with van der Waals surface area (Å²) in [4.78, 5) is 57.1. The molecule has 0 aliphatic carbocycles. The second kappa shape index (κ2) is 15.5. The standard InChI is InChI=1S/C18H15ClN4O4.C18H16N4O5.2CH4/c1-7-13(8(2)27-23-7)10-5-11-9(6-12(10)25-3)14-15(19)21-17(18(24)26-4)22-16(14)20-11;1-7-13(8(2)27-22-7)10-5-11-9(6-12(10)25-3)14-15(19-11)20-16(18(24)26-4)21-17(14)23;;/h5-6H,1-4H3,(H,20,21,22);5-6H,1-4H3,(H2,19,20,21,23);2*1H4. The van der Waals surface area contributed by atoms with Crippen LogP contribution in [0.2, 0.25) is 5.15 Å². The molecule has 0 saturated heterocycles. The number of nitrogens with one attached hydrogen (secondary N) is 3. The molecule has 6 aromatic heterocycles.